The molecule has 1 aromatic carbocycles. The average Bonchev–Trinajstić information content (AvgIpc) is 3.45. The molecule has 1 aliphatic heterocycles. The fourth-order valence-corrected chi connectivity index (χ4v) is 4.49. The summed E-state index contributed by atoms with van der Waals surface area (Å²) in [6.07, 6.45) is 5.65. The van der Waals surface area contributed by atoms with E-state index in [1.54, 1.807) is 6.20 Å². The number of hydrogen-bond donors (Lipinski definition) is 1. The molecule has 2 atom stereocenters. The van der Waals surface area contributed by atoms with E-state index in [0.717, 1.165) is 28.6 Å². The normalized spacial score (nSPS) is 17.9. The highest BCUT2D eigenvalue weighted by atomic mass is 32.1. The zero-order valence-corrected chi connectivity index (χ0v) is 18.4. The number of aromatic nitrogens is 3. The van der Waals surface area contributed by atoms with E-state index in [2.05, 4.69) is 30.8 Å². The van der Waals surface area contributed by atoms with E-state index in [1.807, 2.05) is 86.0 Å². The van der Waals surface area contributed by atoms with Gasteiger partial charge in [-0.15, -0.1) is 0 Å². The predicted molar refractivity (Wildman–Crippen MR) is 129 cm³/mol. The molecule has 160 valence electrons. The van der Waals surface area contributed by atoms with Crippen molar-refractivity contribution >= 4 is 23.0 Å². The third-order valence-corrected chi connectivity index (χ3v) is 5.82. The van der Waals surface area contributed by atoms with Crippen LogP contribution in [0.3, 0.4) is 0 Å². The second-order valence-corrected chi connectivity index (χ2v) is 7.80. The molecule has 5 rings (SSSR count). The van der Waals surface area contributed by atoms with Gasteiger partial charge in [0, 0.05) is 30.0 Å². The third kappa shape index (κ3) is 3.71. The van der Waals surface area contributed by atoms with Crippen LogP contribution in [0.2, 0.25) is 0 Å². The van der Waals surface area contributed by atoms with E-state index < -0.39 is 0 Å². The highest BCUT2D eigenvalue weighted by Gasteiger charge is 2.42. The lowest BCUT2D eigenvalue weighted by Gasteiger charge is -2.29. The van der Waals surface area contributed by atoms with Crippen molar-refractivity contribution in [2.75, 3.05) is 11.5 Å². The minimum atomic E-state index is -0.118. The molecule has 32 heavy (non-hydrogen) atoms. The zero-order chi connectivity index (χ0) is 21.9. The van der Waals surface area contributed by atoms with Gasteiger partial charge in [0.25, 0.3) is 0 Å². The summed E-state index contributed by atoms with van der Waals surface area (Å²) in [5, 5.41) is 4.16. The summed E-state index contributed by atoms with van der Waals surface area (Å²) < 4.78 is 7.74. The molecule has 0 unspecified atom stereocenters. The van der Waals surface area contributed by atoms with Crippen LogP contribution in [-0.2, 0) is 0 Å². The molecule has 0 spiro atoms. The maximum atomic E-state index is 5.83. The SMILES string of the molecule is CCOc1ccc(N2C(=S)N[C@H](c3ccccn3)[C@@H]2c2cccn2-c2ccccn2)cc1. The third-order valence-electron chi connectivity index (χ3n) is 5.50. The van der Waals surface area contributed by atoms with Crippen molar-refractivity contribution in [3.05, 3.63) is 103 Å². The summed E-state index contributed by atoms with van der Waals surface area (Å²) in [5.41, 5.74) is 2.99. The molecular weight excluding hydrogens is 418 g/mol. The van der Waals surface area contributed by atoms with Crippen molar-refractivity contribution < 1.29 is 4.74 Å². The van der Waals surface area contributed by atoms with Gasteiger partial charge in [-0.2, -0.15) is 0 Å². The fourth-order valence-electron chi connectivity index (χ4n) is 4.14. The van der Waals surface area contributed by atoms with Gasteiger partial charge in [0.2, 0.25) is 0 Å². The Morgan fingerprint density at radius 3 is 2.41 bits per heavy atom. The molecule has 4 aromatic rings. The van der Waals surface area contributed by atoms with E-state index >= 15 is 0 Å². The standard InChI is InChI=1S/C25H23N5OS/c1-2-31-19-13-11-18(12-14-19)30-24(23(28-25(30)32)20-8-3-5-15-26-20)21-9-7-17-29(21)22-10-4-6-16-27-22/h3-17,23-24H,2H2,1H3,(H,28,32)/t23-,24+/m1/s1. The Balaban J connectivity index is 1.62. The van der Waals surface area contributed by atoms with Crippen LogP contribution in [0.5, 0.6) is 5.75 Å². The van der Waals surface area contributed by atoms with E-state index in [9.17, 15) is 0 Å². The summed E-state index contributed by atoms with van der Waals surface area (Å²) in [4.78, 5) is 11.3. The maximum absolute atomic E-state index is 5.83. The zero-order valence-electron chi connectivity index (χ0n) is 17.6. The number of ether oxygens (including phenoxy) is 1. The Kier molecular flexibility index (Phi) is 5.56. The molecule has 6 nitrogen and oxygen atoms in total. The van der Waals surface area contributed by atoms with E-state index in [1.165, 1.54) is 0 Å². The highest BCUT2D eigenvalue weighted by molar-refractivity contribution is 7.80. The molecular formula is C25H23N5OS. The molecule has 7 heteroatoms. The molecule has 0 aliphatic carbocycles. The second-order valence-electron chi connectivity index (χ2n) is 7.41. The van der Waals surface area contributed by atoms with Gasteiger partial charge in [0.05, 0.1) is 18.3 Å². The van der Waals surface area contributed by atoms with Gasteiger partial charge in [-0.05, 0) is 79.8 Å². The van der Waals surface area contributed by atoms with Crippen LogP contribution in [0, 0.1) is 0 Å². The highest BCUT2D eigenvalue weighted by Crippen LogP contribution is 2.42. The lowest BCUT2D eigenvalue weighted by molar-refractivity contribution is 0.340. The number of benzene rings is 1. The molecule has 1 aliphatic rings. The Morgan fingerprint density at radius 1 is 0.938 bits per heavy atom. The van der Waals surface area contributed by atoms with E-state index in [0.29, 0.717) is 11.7 Å². The minimum absolute atomic E-state index is 0.118. The van der Waals surface area contributed by atoms with Crippen molar-refractivity contribution in [3.63, 3.8) is 0 Å². The Hall–Kier alpha value is -3.71. The van der Waals surface area contributed by atoms with Crippen molar-refractivity contribution in [1.82, 2.24) is 19.9 Å². The molecule has 3 aromatic heterocycles. The lowest BCUT2D eigenvalue weighted by atomic mass is 10.0. The number of rotatable bonds is 6. The van der Waals surface area contributed by atoms with E-state index in [-0.39, 0.29) is 12.1 Å². The molecule has 1 saturated heterocycles. The second kappa shape index (κ2) is 8.80. The van der Waals surface area contributed by atoms with Crippen LogP contribution in [-0.4, -0.2) is 26.3 Å². The monoisotopic (exact) mass is 441 g/mol. The molecule has 1 fully saturated rings. The molecule has 0 amide bonds. The van der Waals surface area contributed by atoms with Crippen LogP contribution < -0.4 is 15.0 Å². The van der Waals surface area contributed by atoms with Gasteiger partial charge >= 0.3 is 0 Å². The van der Waals surface area contributed by atoms with Crippen LogP contribution >= 0.6 is 12.2 Å². The van der Waals surface area contributed by atoms with Crippen LogP contribution in [0.4, 0.5) is 5.69 Å². The molecule has 4 heterocycles. The summed E-state index contributed by atoms with van der Waals surface area (Å²) in [5.74, 6) is 1.70. The molecule has 0 saturated carbocycles. The van der Waals surface area contributed by atoms with Crippen LogP contribution in [0.15, 0.2) is 91.4 Å². The minimum Gasteiger partial charge on any atom is -0.494 e. The fraction of sp³-hybridized carbons (Fsp3) is 0.160. The number of nitrogens with one attached hydrogen (secondary N) is 1. The molecule has 0 radical (unpaired) electrons. The number of nitrogens with zero attached hydrogens (tertiary/aromatic N) is 4. The van der Waals surface area contributed by atoms with Gasteiger partial charge in [-0.25, -0.2) is 4.98 Å². The van der Waals surface area contributed by atoms with Gasteiger partial charge in [-0.1, -0.05) is 12.1 Å². The van der Waals surface area contributed by atoms with Gasteiger partial charge in [-0.3, -0.25) is 4.98 Å². The average molecular weight is 442 g/mol. The Labute approximate surface area is 192 Å². The number of anilines is 1. The first kappa shape index (κ1) is 20.2. The van der Waals surface area contributed by atoms with Crippen molar-refractivity contribution in [2.24, 2.45) is 0 Å². The molecule has 0 bridgehead atoms. The van der Waals surface area contributed by atoms with Gasteiger partial charge in [0.15, 0.2) is 5.11 Å². The largest absolute Gasteiger partial charge is 0.494 e. The van der Waals surface area contributed by atoms with E-state index in [4.69, 9.17) is 17.0 Å². The first-order valence-electron chi connectivity index (χ1n) is 10.6. The van der Waals surface area contributed by atoms with Crippen molar-refractivity contribution in [3.8, 4) is 11.6 Å². The van der Waals surface area contributed by atoms with Crippen LogP contribution in [0.1, 0.15) is 30.4 Å². The van der Waals surface area contributed by atoms with Gasteiger partial charge in [0.1, 0.15) is 17.6 Å². The number of pyridine rings is 2. The topological polar surface area (TPSA) is 55.2 Å². The van der Waals surface area contributed by atoms with Crippen molar-refractivity contribution in [1.29, 1.82) is 0 Å². The summed E-state index contributed by atoms with van der Waals surface area (Å²) in [6.45, 7) is 2.61. The number of thiocarbonyl (C=S) groups is 1. The summed E-state index contributed by atoms with van der Waals surface area (Å²) >= 11 is 5.83. The Bertz CT molecular complexity index is 1190. The molecule has 1 N–H and O–H groups in total. The maximum Gasteiger partial charge on any atom is 0.174 e. The Morgan fingerprint density at radius 2 is 1.72 bits per heavy atom. The van der Waals surface area contributed by atoms with Crippen molar-refractivity contribution in [2.45, 2.75) is 19.0 Å². The first-order chi connectivity index (χ1) is 15.8. The first-order valence-corrected chi connectivity index (χ1v) is 11.0. The quantitative estimate of drug-likeness (QED) is 0.432. The summed E-state index contributed by atoms with van der Waals surface area (Å²) in [7, 11) is 0. The van der Waals surface area contributed by atoms with Crippen LogP contribution in [0.25, 0.3) is 5.82 Å². The summed E-state index contributed by atoms with van der Waals surface area (Å²) in [6, 6.07) is 23.8. The number of hydrogen-bond acceptors (Lipinski definition) is 4. The smallest absolute Gasteiger partial charge is 0.174 e. The predicted octanol–water partition coefficient (Wildman–Crippen LogP) is 4.84. The van der Waals surface area contributed by atoms with Gasteiger partial charge < -0.3 is 19.5 Å². The lowest BCUT2D eigenvalue weighted by Crippen LogP contribution is -2.30.